The molecule has 2 amide bonds. The molecular formula is C16H19ClN2O4S2. The predicted molar refractivity (Wildman–Crippen MR) is 102 cm³/mol. The molecule has 1 fully saturated rings. The zero-order valence-electron chi connectivity index (χ0n) is 13.4. The number of carbonyl (C=O) groups excluding carboxylic acids is 2. The van der Waals surface area contributed by atoms with Crippen molar-refractivity contribution in [1.29, 1.82) is 0 Å². The van der Waals surface area contributed by atoms with E-state index in [4.69, 9.17) is 16.7 Å². The number of nitrogens with one attached hydrogen (secondary N) is 2. The molecule has 0 atom stereocenters. The number of carbonyl (C=O) groups is 3. The minimum Gasteiger partial charge on any atom is -0.481 e. The van der Waals surface area contributed by atoms with Gasteiger partial charge >= 0.3 is 5.97 Å². The molecule has 1 aromatic carbocycles. The topological polar surface area (TPSA) is 95.5 Å². The Labute approximate surface area is 158 Å². The van der Waals surface area contributed by atoms with Crippen LogP contribution in [0.15, 0.2) is 18.2 Å². The molecule has 0 aromatic heterocycles. The van der Waals surface area contributed by atoms with Crippen LogP contribution in [0.5, 0.6) is 0 Å². The van der Waals surface area contributed by atoms with Crippen molar-refractivity contribution in [3.63, 3.8) is 0 Å². The fraction of sp³-hybridized carbons (Fsp3) is 0.438. The molecule has 1 aliphatic rings. The lowest BCUT2D eigenvalue weighted by molar-refractivity contribution is -0.136. The van der Waals surface area contributed by atoms with E-state index in [9.17, 15) is 14.4 Å². The third kappa shape index (κ3) is 7.17. The van der Waals surface area contributed by atoms with Crippen LogP contribution in [0.25, 0.3) is 0 Å². The van der Waals surface area contributed by atoms with Gasteiger partial charge in [-0.2, -0.15) is 0 Å². The molecule has 3 N–H and O–H groups in total. The Morgan fingerprint density at radius 3 is 2.56 bits per heavy atom. The molecule has 1 saturated carbocycles. The second-order valence-electron chi connectivity index (χ2n) is 5.50. The standard InChI is InChI=1S/C16H19ClN2O4S2/c17-13-9-11(19-15(22)10-1-2-10)3-4-12(13)16(23)18-6-8-25-24-7-5-14(20)21/h3-4,9-10H,1-2,5-8H2,(H,18,23)(H,19,22)(H,20,21). The summed E-state index contributed by atoms with van der Waals surface area (Å²) in [6.45, 7) is 0.458. The molecule has 2 rings (SSSR count). The molecule has 0 aliphatic heterocycles. The molecular weight excluding hydrogens is 384 g/mol. The minimum absolute atomic E-state index is 0.00862. The Balaban J connectivity index is 1.71. The van der Waals surface area contributed by atoms with E-state index >= 15 is 0 Å². The molecule has 136 valence electrons. The highest BCUT2D eigenvalue weighted by molar-refractivity contribution is 8.76. The molecule has 0 bridgehead atoms. The lowest BCUT2D eigenvalue weighted by Crippen LogP contribution is -2.26. The first kappa shape index (κ1) is 19.9. The first-order valence-electron chi connectivity index (χ1n) is 7.82. The largest absolute Gasteiger partial charge is 0.481 e. The van der Waals surface area contributed by atoms with E-state index in [0.29, 0.717) is 29.3 Å². The number of amides is 2. The summed E-state index contributed by atoms with van der Waals surface area (Å²) < 4.78 is 0. The Hall–Kier alpha value is -1.38. The molecule has 0 radical (unpaired) electrons. The van der Waals surface area contributed by atoms with Gasteiger partial charge in [0.1, 0.15) is 0 Å². The van der Waals surface area contributed by atoms with Gasteiger partial charge in [0, 0.05) is 29.7 Å². The summed E-state index contributed by atoms with van der Waals surface area (Å²) in [5.41, 5.74) is 0.943. The summed E-state index contributed by atoms with van der Waals surface area (Å²) in [5.74, 6) is 0.212. The van der Waals surface area contributed by atoms with Gasteiger partial charge in [0.2, 0.25) is 5.91 Å². The van der Waals surface area contributed by atoms with Crippen LogP contribution in [0.1, 0.15) is 29.6 Å². The summed E-state index contributed by atoms with van der Waals surface area (Å²) in [5, 5.41) is 14.4. The molecule has 25 heavy (non-hydrogen) atoms. The van der Waals surface area contributed by atoms with Crippen molar-refractivity contribution in [2.75, 3.05) is 23.4 Å². The Morgan fingerprint density at radius 2 is 1.92 bits per heavy atom. The molecule has 0 heterocycles. The first-order chi connectivity index (χ1) is 12.0. The fourth-order valence-corrected chi connectivity index (χ4v) is 4.07. The van der Waals surface area contributed by atoms with Crippen LogP contribution in [0.2, 0.25) is 5.02 Å². The molecule has 0 unspecified atom stereocenters. The van der Waals surface area contributed by atoms with Crippen molar-refractivity contribution >= 4 is 56.7 Å². The summed E-state index contributed by atoms with van der Waals surface area (Å²) >= 11 is 6.14. The number of carboxylic acid groups (broad SMARTS) is 1. The van der Waals surface area contributed by atoms with E-state index in [2.05, 4.69) is 10.6 Å². The number of halogens is 1. The second kappa shape index (κ2) is 9.94. The van der Waals surface area contributed by atoms with Crippen LogP contribution in [-0.4, -0.2) is 40.9 Å². The average Bonchev–Trinajstić information content (AvgIpc) is 3.38. The van der Waals surface area contributed by atoms with Crippen molar-refractivity contribution in [3.05, 3.63) is 28.8 Å². The van der Waals surface area contributed by atoms with E-state index in [1.54, 1.807) is 18.2 Å². The average molecular weight is 403 g/mol. The number of hydrogen-bond acceptors (Lipinski definition) is 5. The number of benzene rings is 1. The van der Waals surface area contributed by atoms with Gasteiger partial charge in [0.15, 0.2) is 0 Å². The Morgan fingerprint density at radius 1 is 1.20 bits per heavy atom. The number of hydrogen-bond donors (Lipinski definition) is 3. The van der Waals surface area contributed by atoms with Gasteiger partial charge in [-0.05, 0) is 31.0 Å². The Kier molecular flexibility index (Phi) is 7.92. The molecule has 1 aromatic rings. The van der Waals surface area contributed by atoms with E-state index in [0.717, 1.165) is 12.8 Å². The highest BCUT2D eigenvalue weighted by Gasteiger charge is 2.29. The molecule has 0 saturated heterocycles. The molecule has 9 heteroatoms. The van der Waals surface area contributed by atoms with Crippen LogP contribution in [0.3, 0.4) is 0 Å². The van der Waals surface area contributed by atoms with Crippen molar-refractivity contribution in [1.82, 2.24) is 5.32 Å². The minimum atomic E-state index is -0.812. The molecule has 1 aliphatic carbocycles. The Bertz CT molecular complexity index is 653. The van der Waals surface area contributed by atoms with Crippen molar-refractivity contribution in [2.45, 2.75) is 19.3 Å². The van der Waals surface area contributed by atoms with Gasteiger partial charge in [0.05, 0.1) is 17.0 Å². The van der Waals surface area contributed by atoms with Crippen LogP contribution in [0, 0.1) is 5.92 Å². The van der Waals surface area contributed by atoms with Gasteiger partial charge in [-0.3, -0.25) is 14.4 Å². The predicted octanol–water partition coefficient (Wildman–Crippen LogP) is 3.27. The third-order valence-electron chi connectivity index (χ3n) is 3.38. The van der Waals surface area contributed by atoms with Gasteiger partial charge in [-0.1, -0.05) is 33.2 Å². The van der Waals surface area contributed by atoms with Gasteiger partial charge < -0.3 is 15.7 Å². The smallest absolute Gasteiger partial charge is 0.304 e. The van der Waals surface area contributed by atoms with Crippen LogP contribution < -0.4 is 10.6 Å². The lowest BCUT2D eigenvalue weighted by atomic mass is 10.2. The van der Waals surface area contributed by atoms with Crippen LogP contribution in [-0.2, 0) is 9.59 Å². The SMILES string of the molecule is O=C(O)CCSSCCNC(=O)c1ccc(NC(=O)C2CC2)cc1Cl. The van der Waals surface area contributed by atoms with Crippen LogP contribution in [0.4, 0.5) is 5.69 Å². The lowest BCUT2D eigenvalue weighted by Gasteiger charge is -2.09. The maximum Gasteiger partial charge on any atom is 0.304 e. The van der Waals surface area contributed by atoms with Gasteiger partial charge in [0.25, 0.3) is 5.91 Å². The fourth-order valence-electron chi connectivity index (χ4n) is 1.92. The van der Waals surface area contributed by atoms with Crippen LogP contribution >= 0.6 is 33.2 Å². The summed E-state index contributed by atoms with van der Waals surface area (Å²) in [6, 6.07) is 4.83. The normalized spacial score (nSPS) is 13.3. The first-order valence-corrected chi connectivity index (χ1v) is 10.7. The number of anilines is 1. The number of rotatable bonds is 10. The van der Waals surface area contributed by atoms with Crippen molar-refractivity contribution in [3.8, 4) is 0 Å². The maximum absolute atomic E-state index is 12.1. The number of carboxylic acids is 1. The van der Waals surface area contributed by atoms with Crippen molar-refractivity contribution in [2.24, 2.45) is 5.92 Å². The van der Waals surface area contributed by atoms with Gasteiger partial charge in [-0.15, -0.1) is 0 Å². The zero-order chi connectivity index (χ0) is 18.2. The van der Waals surface area contributed by atoms with E-state index in [1.165, 1.54) is 21.6 Å². The highest BCUT2D eigenvalue weighted by atomic mass is 35.5. The third-order valence-corrected chi connectivity index (χ3v) is 6.10. The summed E-state index contributed by atoms with van der Waals surface area (Å²) in [4.78, 5) is 34.2. The quantitative estimate of drug-likeness (QED) is 0.410. The number of aliphatic carboxylic acids is 1. The zero-order valence-corrected chi connectivity index (χ0v) is 15.8. The van der Waals surface area contributed by atoms with Crippen molar-refractivity contribution < 1.29 is 19.5 Å². The molecule has 0 spiro atoms. The summed E-state index contributed by atoms with van der Waals surface area (Å²) in [7, 11) is 2.98. The highest BCUT2D eigenvalue weighted by Crippen LogP contribution is 2.30. The van der Waals surface area contributed by atoms with Gasteiger partial charge in [-0.25, -0.2) is 0 Å². The maximum atomic E-state index is 12.1. The molecule has 6 nitrogen and oxygen atoms in total. The monoisotopic (exact) mass is 402 g/mol. The second-order valence-corrected chi connectivity index (χ2v) is 8.61. The van der Waals surface area contributed by atoms with E-state index in [-0.39, 0.29) is 29.2 Å². The van der Waals surface area contributed by atoms with E-state index in [1.807, 2.05) is 0 Å². The summed E-state index contributed by atoms with van der Waals surface area (Å²) in [6.07, 6.45) is 1.97. The van der Waals surface area contributed by atoms with E-state index < -0.39 is 5.97 Å².